The van der Waals surface area contributed by atoms with E-state index in [1.807, 2.05) is 23.3 Å². The minimum Gasteiger partial charge on any atom is -0.378 e. The van der Waals surface area contributed by atoms with E-state index in [0.717, 1.165) is 23.5 Å². The van der Waals surface area contributed by atoms with Crippen LogP contribution in [0.2, 0.25) is 0 Å². The normalized spacial score (nSPS) is 16.9. The first kappa shape index (κ1) is 9.68. The highest BCUT2D eigenvalue weighted by molar-refractivity contribution is 7.12. The lowest BCUT2D eigenvalue weighted by Crippen LogP contribution is -2.54. The molecule has 2 heterocycles. The largest absolute Gasteiger partial charge is 0.378 e. The van der Waals surface area contributed by atoms with Gasteiger partial charge in [-0.2, -0.15) is 0 Å². The molecule has 0 atom stereocenters. The summed E-state index contributed by atoms with van der Waals surface area (Å²) in [4.78, 5) is 14.4. The van der Waals surface area contributed by atoms with Crippen LogP contribution in [0.25, 0.3) is 0 Å². The number of rotatable bonds is 2. The van der Waals surface area contributed by atoms with Gasteiger partial charge >= 0.3 is 0 Å². The van der Waals surface area contributed by atoms with E-state index in [9.17, 15) is 4.79 Å². The highest BCUT2D eigenvalue weighted by atomic mass is 32.1. The Hall–Kier alpha value is -0.870. The number of nitrogens with zero attached hydrogens (tertiary/aromatic N) is 1. The molecule has 76 valence electrons. The van der Waals surface area contributed by atoms with E-state index in [4.69, 9.17) is 4.74 Å². The van der Waals surface area contributed by atoms with Gasteiger partial charge in [0, 0.05) is 20.2 Å². The van der Waals surface area contributed by atoms with E-state index in [0.29, 0.717) is 0 Å². The van der Waals surface area contributed by atoms with Crippen molar-refractivity contribution in [3.8, 4) is 0 Å². The Labute approximate surface area is 87.3 Å². The number of amides is 1. The van der Waals surface area contributed by atoms with Crippen LogP contribution in [0.3, 0.4) is 0 Å². The third-order valence-electron chi connectivity index (χ3n) is 2.41. The Bertz CT molecular complexity index is 342. The van der Waals surface area contributed by atoms with Gasteiger partial charge in [0.1, 0.15) is 0 Å². The van der Waals surface area contributed by atoms with Crippen LogP contribution in [0, 0.1) is 6.92 Å². The molecule has 0 saturated carbocycles. The van der Waals surface area contributed by atoms with Gasteiger partial charge in [-0.3, -0.25) is 4.79 Å². The van der Waals surface area contributed by atoms with Gasteiger partial charge in [-0.25, -0.2) is 0 Å². The van der Waals surface area contributed by atoms with Crippen molar-refractivity contribution in [2.24, 2.45) is 0 Å². The standard InChI is InChI=1S/C10H13NO2S/c1-7-3-9(14-6-7)10(12)11-4-8(5-11)13-2/h3,6,8H,4-5H2,1-2H3. The molecule has 0 spiro atoms. The van der Waals surface area contributed by atoms with Gasteiger partial charge in [-0.15, -0.1) is 11.3 Å². The Morgan fingerprint density at radius 3 is 2.86 bits per heavy atom. The SMILES string of the molecule is COC1CN(C(=O)c2cc(C)cs2)C1. The maximum atomic E-state index is 11.8. The molecule has 2 rings (SSSR count). The van der Waals surface area contributed by atoms with Crippen LogP contribution in [0.5, 0.6) is 0 Å². The molecule has 1 aromatic heterocycles. The quantitative estimate of drug-likeness (QED) is 0.742. The van der Waals surface area contributed by atoms with Gasteiger partial charge in [0.2, 0.25) is 0 Å². The highest BCUT2D eigenvalue weighted by Crippen LogP contribution is 2.20. The Morgan fingerprint density at radius 1 is 1.64 bits per heavy atom. The van der Waals surface area contributed by atoms with Crippen molar-refractivity contribution in [2.75, 3.05) is 20.2 Å². The average Bonchev–Trinajstić information content (AvgIpc) is 2.49. The van der Waals surface area contributed by atoms with E-state index in [1.54, 1.807) is 7.11 Å². The molecule has 0 radical (unpaired) electrons. The second-order valence-corrected chi connectivity index (χ2v) is 4.47. The van der Waals surface area contributed by atoms with Crippen molar-refractivity contribution in [2.45, 2.75) is 13.0 Å². The molecule has 4 heteroatoms. The average molecular weight is 211 g/mol. The minimum absolute atomic E-state index is 0.136. The Morgan fingerprint density at radius 2 is 2.36 bits per heavy atom. The molecule has 1 fully saturated rings. The topological polar surface area (TPSA) is 29.5 Å². The molecule has 0 aliphatic carbocycles. The molecule has 0 unspecified atom stereocenters. The van der Waals surface area contributed by atoms with Gasteiger partial charge in [0.05, 0.1) is 11.0 Å². The first-order valence-corrected chi connectivity index (χ1v) is 5.46. The monoisotopic (exact) mass is 211 g/mol. The van der Waals surface area contributed by atoms with Gasteiger partial charge in [-0.1, -0.05) is 0 Å². The number of aryl methyl sites for hydroxylation is 1. The first-order valence-electron chi connectivity index (χ1n) is 4.58. The molecule has 1 amide bonds. The molecule has 1 aliphatic heterocycles. The van der Waals surface area contributed by atoms with Crippen molar-refractivity contribution >= 4 is 17.2 Å². The molecule has 1 aromatic rings. The smallest absolute Gasteiger partial charge is 0.264 e. The molecular weight excluding hydrogens is 198 g/mol. The van der Waals surface area contributed by atoms with E-state index in [1.165, 1.54) is 11.3 Å². The van der Waals surface area contributed by atoms with Crippen LogP contribution in [0.15, 0.2) is 11.4 Å². The van der Waals surface area contributed by atoms with Crippen molar-refractivity contribution in [3.05, 3.63) is 21.9 Å². The summed E-state index contributed by atoms with van der Waals surface area (Å²) in [6.45, 7) is 3.46. The van der Waals surface area contributed by atoms with Crippen LogP contribution < -0.4 is 0 Å². The number of likely N-dealkylation sites (tertiary alicyclic amines) is 1. The highest BCUT2D eigenvalue weighted by Gasteiger charge is 2.31. The maximum absolute atomic E-state index is 11.8. The zero-order valence-electron chi connectivity index (χ0n) is 8.32. The predicted octanol–water partition coefficient (Wildman–Crippen LogP) is 1.53. The maximum Gasteiger partial charge on any atom is 0.264 e. The molecule has 0 N–H and O–H groups in total. The number of thiophene rings is 1. The number of ether oxygens (including phenoxy) is 1. The fraction of sp³-hybridized carbons (Fsp3) is 0.500. The fourth-order valence-corrected chi connectivity index (χ4v) is 2.32. The lowest BCUT2D eigenvalue weighted by Gasteiger charge is -2.37. The summed E-state index contributed by atoms with van der Waals surface area (Å²) in [5.74, 6) is 0.136. The minimum atomic E-state index is 0.136. The van der Waals surface area contributed by atoms with E-state index >= 15 is 0 Å². The second kappa shape index (κ2) is 3.71. The van der Waals surface area contributed by atoms with Gasteiger partial charge in [0.15, 0.2) is 0 Å². The van der Waals surface area contributed by atoms with Crippen molar-refractivity contribution in [1.82, 2.24) is 4.90 Å². The number of hydrogen-bond acceptors (Lipinski definition) is 3. The zero-order valence-corrected chi connectivity index (χ0v) is 9.13. The molecule has 0 bridgehead atoms. The molecular formula is C10H13NO2S. The van der Waals surface area contributed by atoms with Gasteiger partial charge in [0.25, 0.3) is 5.91 Å². The third-order valence-corrected chi connectivity index (χ3v) is 3.45. The molecule has 1 aliphatic rings. The van der Waals surface area contributed by atoms with Gasteiger partial charge in [-0.05, 0) is 23.9 Å². The second-order valence-electron chi connectivity index (χ2n) is 3.56. The van der Waals surface area contributed by atoms with Crippen molar-refractivity contribution in [3.63, 3.8) is 0 Å². The lowest BCUT2D eigenvalue weighted by molar-refractivity contribution is -0.0189. The number of methoxy groups -OCH3 is 1. The van der Waals surface area contributed by atoms with E-state index in [2.05, 4.69) is 0 Å². The third kappa shape index (κ3) is 1.67. The van der Waals surface area contributed by atoms with E-state index < -0.39 is 0 Å². The molecule has 0 aromatic carbocycles. The number of carbonyl (C=O) groups is 1. The van der Waals surface area contributed by atoms with Crippen molar-refractivity contribution in [1.29, 1.82) is 0 Å². The summed E-state index contributed by atoms with van der Waals surface area (Å²) in [5.41, 5.74) is 1.15. The van der Waals surface area contributed by atoms with E-state index in [-0.39, 0.29) is 12.0 Å². The Kier molecular flexibility index (Phi) is 2.56. The molecule has 1 saturated heterocycles. The summed E-state index contributed by atoms with van der Waals surface area (Å²) in [6, 6.07) is 1.94. The Balaban J connectivity index is 1.97. The predicted molar refractivity (Wildman–Crippen MR) is 55.8 cm³/mol. The summed E-state index contributed by atoms with van der Waals surface area (Å²) in [6.07, 6.45) is 0.236. The van der Waals surface area contributed by atoms with Gasteiger partial charge < -0.3 is 9.64 Å². The summed E-state index contributed by atoms with van der Waals surface area (Å²) < 4.78 is 5.12. The lowest BCUT2D eigenvalue weighted by atomic mass is 10.1. The molecule has 14 heavy (non-hydrogen) atoms. The summed E-state index contributed by atoms with van der Waals surface area (Å²) >= 11 is 1.51. The number of hydrogen-bond donors (Lipinski definition) is 0. The molecule has 3 nitrogen and oxygen atoms in total. The first-order chi connectivity index (χ1) is 6.70. The van der Waals surface area contributed by atoms with Crippen molar-refractivity contribution < 1.29 is 9.53 Å². The fourth-order valence-electron chi connectivity index (χ4n) is 1.45. The summed E-state index contributed by atoms with van der Waals surface area (Å²) in [5, 5.41) is 2.00. The van der Waals surface area contributed by atoms with Crippen LogP contribution in [0.4, 0.5) is 0 Å². The van der Waals surface area contributed by atoms with Crippen LogP contribution in [0.1, 0.15) is 15.2 Å². The zero-order chi connectivity index (χ0) is 10.1. The van der Waals surface area contributed by atoms with Crippen LogP contribution >= 0.6 is 11.3 Å². The van der Waals surface area contributed by atoms with Crippen LogP contribution in [-0.2, 0) is 4.74 Å². The van der Waals surface area contributed by atoms with Crippen LogP contribution in [-0.4, -0.2) is 37.1 Å². The summed E-state index contributed by atoms with van der Waals surface area (Å²) in [7, 11) is 1.68. The number of carbonyl (C=O) groups excluding carboxylic acids is 1.